The zero-order valence-electron chi connectivity index (χ0n) is 15.3. The molecule has 2 aromatic heterocycles. The Labute approximate surface area is 154 Å². The highest BCUT2D eigenvalue weighted by atomic mass is 16.4. The normalized spacial score (nSPS) is 11.6. The number of nitrogens with zero attached hydrogens (tertiary/aromatic N) is 2. The van der Waals surface area contributed by atoms with E-state index >= 15 is 0 Å². The van der Waals surface area contributed by atoms with Gasteiger partial charge in [0.05, 0.1) is 21.8 Å². The van der Waals surface area contributed by atoms with Crippen molar-refractivity contribution in [2.75, 3.05) is 0 Å². The number of aryl methyl sites for hydroxylation is 2. The van der Waals surface area contributed by atoms with Crippen LogP contribution in [0.5, 0.6) is 0 Å². The quantitative estimate of drug-likeness (QED) is 0.550. The first-order valence-corrected chi connectivity index (χ1v) is 8.79. The van der Waals surface area contributed by atoms with Gasteiger partial charge in [0.15, 0.2) is 0 Å². The van der Waals surface area contributed by atoms with Crippen molar-refractivity contribution in [3.05, 3.63) is 80.1 Å². The van der Waals surface area contributed by atoms with Crippen LogP contribution in [0.1, 0.15) is 42.2 Å². The predicted molar refractivity (Wildman–Crippen MR) is 102 cm³/mol. The van der Waals surface area contributed by atoms with Crippen LogP contribution in [0.4, 0.5) is 0 Å². The second-order valence-corrected chi connectivity index (χ2v) is 6.68. The van der Waals surface area contributed by atoms with Crippen molar-refractivity contribution in [3.63, 3.8) is 0 Å². The summed E-state index contributed by atoms with van der Waals surface area (Å²) >= 11 is 0. The summed E-state index contributed by atoms with van der Waals surface area (Å²) in [5.41, 5.74) is 2.07. The van der Waals surface area contributed by atoms with Crippen LogP contribution >= 0.6 is 0 Å². The Balaban J connectivity index is 1.90. The summed E-state index contributed by atoms with van der Waals surface area (Å²) in [4.78, 5) is 33.8. The van der Waals surface area contributed by atoms with Crippen LogP contribution in [0.15, 0.2) is 54.8 Å². The fraction of sp³-hybridized carbons (Fsp3) is 0.238. The summed E-state index contributed by atoms with van der Waals surface area (Å²) in [6.07, 6.45) is 0.515. The van der Waals surface area contributed by atoms with Gasteiger partial charge in [0.1, 0.15) is 5.92 Å². The molecule has 0 saturated carbocycles. The molecule has 2 heterocycles. The Morgan fingerprint density at radius 2 is 1.26 bits per heavy atom. The van der Waals surface area contributed by atoms with E-state index in [-0.39, 0.29) is 11.8 Å². The van der Waals surface area contributed by atoms with E-state index in [1.165, 1.54) is 0 Å². The third-order valence-corrected chi connectivity index (χ3v) is 4.60. The van der Waals surface area contributed by atoms with Crippen molar-refractivity contribution >= 4 is 21.8 Å². The van der Waals surface area contributed by atoms with Gasteiger partial charge in [-0.3, -0.25) is 0 Å². The van der Waals surface area contributed by atoms with Crippen molar-refractivity contribution in [2.24, 2.45) is 0 Å². The van der Waals surface area contributed by atoms with Crippen LogP contribution in [0, 0.1) is 13.8 Å². The highest BCUT2D eigenvalue weighted by Crippen LogP contribution is 2.26. The molecule has 27 heavy (non-hydrogen) atoms. The number of benzene rings is 2. The molecule has 6 nitrogen and oxygen atoms in total. The molecular formula is C21H18N2O4. The molecule has 0 fully saturated rings. The van der Waals surface area contributed by atoms with Gasteiger partial charge in [-0.25, -0.2) is 19.6 Å². The molecule has 0 aliphatic carbocycles. The minimum absolute atomic E-state index is 0.195. The van der Waals surface area contributed by atoms with Crippen LogP contribution in [0.3, 0.4) is 0 Å². The van der Waals surface area contributed by atoms with Crippen molar-refractivity contribution < 1.29 is 8.83 Å². The van der Waals surface area contributed by atoms with Crippen LogP contribution in [0.25, 0.3) is 21.8 Å². The second kappa shape index (κ2) is 6.46. The van der Waals surface area contributed by atoms with E-state index in [0.29, 0.717) is 28.2 Å². The molecule has 0 N–H and O–H groups in total. The maximum absolute atomic E-state index is 12.4. The first-order chi connectivity index (χ1) is 13.0. The van der Waals surface area contributed by atoms with Crippen LogP contribution in [-0.4, -0.2) is 9.97 Å². The van der Waals surface area contributed by atoms with E-state index in [2.05, 4.69) is 9.97 Å². The van der Waals surface area contributed by atoms with Gasteiger partial charge < -0.3 is 8.83 Å². The molecule has 0 unspecified atom stereocenters. The SMILES string of the molecule is CCC(c1nc2ccc(C)cc2c(=O)o1)c1nc2ccc(C)cc2c(=O)o1. The van der Waals surface area contributed by atoms with E-state index < -0.39 is 17.2 Å². The Morgan fingerprint density at radius 3 is 1.67 bits per heavy atom. The van der Waals surface area contributed by atoms with Crippen molar-refractivity contribution in [1.29, 1.82) is 0 Å². The molecule has 2 aromatic carbocycles. The summed E-state index contributed by atoms with van der Waals surface area (Å²) in [6.45, 7) is 5.70. The minimum Gasteiger partial charge on any atom is -0.407 e. The highest BCUT2D eigenvalue weighted by Gasteiger charge is 2.23. The van der Waals surface area contributed by atoms with Crippen LogP contribution in [0.2, 0.25) is 0 Å². The Bertz CT molecular complexity index is 1190. The first kappa shape index (κ1) is 17.1. The smallest absolute Gasteiger partial charge is 0.346 e. The Morgan fingerprint density at radius 1 is 0.815 bits per heavy atom. The van der Waals surface area contributed by atoms with E-state index in [1.807, 2.05) is 32.9 Å². The highest BCUT2D eigenvalue weighted by molar-refractivity contribution is 5.78. The number of fused-ring (bicyclic) bond motifs is 2. The molecular weight excluding hydrogens is 344 g/mol. The molecule has 0 bridgehead atoms. The minimum atomic E-state index is -0.526. The van der Waals surface area contributed by atoms with E-state index in [4.69, 9.17) is 8.83 Å². The Kier molecular flexibility index (Phi) is 4.11. The van der Waals surface area contributed by atoms with Gasteiger partial charge in [-0.05, 0) is 44.5 Å². The number of hydrogen-bond donors (Lipinski definition) is 0. The summed E-state index contributed by atoms with van der Waals surface area (Å²) in [5, 5.41) is 0.856. The lowest BCUT2D eigenvalue weighted by molar-refractivity contribution is 0.359. The first-order valence-electron chi connectivity index (χ1n) is 8.79. The molecule has 0 spiro atoms. The molecule has 0 saturated heterocycles. The third-order valence-electron chi connectivity index (χ3n) is 4.60. The summed E-state index contributed by atoms with van der Waals surface area (Å²) in [5.74, 6) is -0.135. The molecule has 6 heteroatoms. The maximum atomic E-state index is 12.4. The van der Waals surface area contributed by atoms with Gasteiger partial charge in [0.2, 0.25) is 11.8 Å². The largest absolute Gasteiger partial charge is 0.407 e. The zero-order valence-corrected chi connectivity index (χ0v) is 15.3. The van der Waals surface area contributed by atoms with E-state index in [9.17, 15) is 9.59 Å². The predicted octanol–water partition coefficient (Wildman–Crippen LogP) is 3.85. The molecule has 0 aliphatic rings. The molecule has 0 aliphatic heterocycles. The van der Waals surface area contributed by atoms with Gasteiger partial charge in [-0.2, -0.15) is 0 Å². The average Bonchev–Trinajstić information content (AvgIpc) is 2.64. The van der Waals surface area contributed by atoms with Crippen molar-refractivity contribution in [1.82, 2.24) is 9.97 Å². The fourth-order valence-electron chi connectivity index (χ4n) is 3.16. The maximum Gasteiger partial charge on any atom is 0.346 e. The molecule has 4 aromatic rings. The molecule has 4 rings (SSSR count). The monoisotopic (exact) mass is 362 g/mol. The topological polar surface area (TPSA) is 86.2 Å². The lowest BCUT2D eigenvalue weighted by Crippen LogP contribution is -2.14. The molecule has 0 atom stereocenters. The number of rotatable bonds is 3. The van der Waals surface area contributed by atoms with Gasteiger partial charge in [-0.1, -0.05) is 30.2 Å². The lowest BCUT2D eigenvalue weighted by Gasteiger charge is -2.12. The summed E-state index contributed by atoms with van der Waals surface area (Å²) < 4.78 is 10.9. The summed E-state index contributed by atoms with van der Waals surface area (Å²) in [6, 6.07) is 10.8. The molecule has 136 valence electrons. The van der Waals surface area contributed by atoms with Gasteiger partial charge in [-0.15, -0.1) is 0 Å². The lowest BCUT2D eigenvalue weighted by atomic mass is 10.1. The van der Waals surface area contributed by atoms with E-state index in [0.717, 1.165) is 11.1 Å². The standard InChI is InChI=1S/C21H18N2O4/c1-4-13(18-22-16-7-5-11(2)9-14(16)20(24)26-18)19-23-17-8-6-12(3)10-15(17)21(25)27-19/h5-10,13H,4H2,1-3H3. The van der Waals surface area contributed by atoms with Gasteiger partial charge in [0.25, 0.3) is 0 Å². The van der Waals surface area contributed by atoms with Gasteiger partial charge >= 0.3 is 11.3 Å². The Hall–Kier alpha value is -3.28. The summed E-state index contributed by atoms with van der Waals surface area (Å²) in [7, 11) is 0. The van der Waals surface area contributed by atoms with Crippen molar-refractivity contribution in [2.45, 2.75) is 33.1 Å². The zero-order chi connectivity index (χ0) is 19.1. The third kappa shape index (κ3) is 3.03. The second-order valence-electron chi connectivity index (χ2n) is 6.68. The van der Waals surface area contributed by atoms with Crippen LogP contribution < -0.4 is 11.3 Å². The van der Waals surface area contributed by atoms with Crippen molar-refractivity contribution in [3.8, 4) is 0 Å². The average molecular weight is 362 g/mol. The van der Waals surface area contributed by atoms with E-state index in [1.54, 1.807) is 24.3 Å². The molecule has 0 amide bonds. The van der Waals surface area contributed by atoms with Crippen LogP contribution in [-0.2, 0) is 0 Å². The number of hydrogen-bond acceptors (Lipinski definition) is 6. The number of aromatic nitrogens is 2. The van der Waals surface area contributed by atoms with Gasteiger partial charge in [0, 0.05) is 0 Å². The molecule has 0 radical (unpaired) electrons. The fourth-order valence-corrected chi connectivity index (χ4v) is 3.16.